The number of methoxy groups -OCH3 is 1. The van der Waals surface area contributed by atoms with Gasteiger partial charge in [-0.25, -0.2) is 0 Å². The summed E-state index contributed by atoms with van der Waals surface area (Å²) in [5, 5.41) is 7.87. The highest BCUT2D eigenvalue weighted by atomic mass is 16.5. The highest BCUT2D eigenvalue weighted by molar-refractivity contribution is 5.05. The molecule has 112 valence electrons. The third-order valence-corrected chi connectivity index (χ3v) is 4.63. The van der Waals surface area contributed by atoms with Crippen LogP contribution < -0.4 is 5.32 Å². The summed E-state index contributed by atoms with van der Waals surface area (Å²) in [7, 11) is 1.67. The average molecular weight is 279 g/mol. The number of aromatic nitrogens is 1. The normalized spacial score (nSPS) is 29.2. The first-order chi connectivity index (χ1) is 9.78. The number of piperidine rings is 1. The van der Waals surface area contributed by atoms with E-state index in [1.165, 1.54) is 25.7 Å². The second-order valence-corrected chi connectivity index (χ2v) is 6.04. The van der Waals surface area contributed by atoms with Crippen LogP contribution in [0.25, 0.3) is 0 Å². The molecule has 0 spiro atoms. The molecule has 0 aromatic carbocycles. The zero-order valence-electron chi connectivity index (χ0n) is 12.5. The Morgan fingerprint density at radius 2 is 2.15 bits per heavy atom. The van der Waals surface area contributed by atoms with Gasteiger partial charge in [0.05, 0.1) is 5.69 Å². The molecule has 3 heterocycles. The van der Waals surface area contributed by atoms with E-state index in [0.717, 1.165) is 36.6 Å². The Bertz CT molecular complexity index is 423. The van der Waals surface area contributed by atoms with Gasteiger partial charge in [-0.15, -0.1) is 0 Å². The molecule has 2 atom stereocenters. The van der Waals surface area contributed by atoms with Crippen LogP contribution in [0.1, 0.15) is 44.1 Å². The minimum absolute atomic E-state index is 0.497. The molecule has 0 aliphatic carbocycles. The molecular formula is C15H25N3O2. The van der Waals surface area contributed by atoms with Crippen LogP contribution in [-0.2, 0) is 17.9 Å². The van der Waals surface area contributed by atoms with Gasteiger partial charge < -0.3 is 14.6 Å². The van der Waals surface area contributed by atoms with Gasteiger partial charge in [-0.2, -0.15) is 0 Å². The SMILES string of the molecule is CCN(Cc1cc(COC)on1)C1CC2CCC(C1)N2. The van der Waals surface area contributed by atoms with Crippen LogP contribution in [0.15, 0.2) is 10.6 Å². The Hall–Kier alpha value is -0.910. The maximum atomic E-state index is 5.28. The van der Waals surface area contributed by atoms with E-state index in [9.17, 15) is 0 Å². The summed E-state index contributed by atoms with van der Waals surface area (Å²) in [5.74, 6) is 0.809. The largest absolute Gasteiger partial charge is 0.377 e. The number of ether oxygens (including phenoxy) is 1. The summed E-state index contributed by atoms with van der Waals surface area (Å²) >= 11 is 0. The quantitative estimate of drug-likeness (QED) is 0.862. The lowest BCUT2D eigenvalue weighted by atomic mass is 9.98. The van der Waals surface area contributed by atoms with E-state index in [-0.39, 0.29) is 0 Å². The molecule has 2 aliphatic rings. The molecule has 0 amide bonds. The molecule has 1 aromatic rings. The van der Waals surface area contributed by atoms with Gasteiger partial charge in [0.1, 0.15) is 6.61 Å². The topological polar surface area (TPSA) is 50.5 Å². The van der Waals surface area contributed by atoms with Crippen LogP contribution in [0.3, 0.4) is 0 Å². The van der Waals surface area contributed by atoms with Gasteiger partial charge in [0.15, 0.2) is 5.76 Å². The number of rotatable bonds is 6. The summed E-state index contributed by atoms with van der Waals surface area (Å²) in [4.78, 5) is 2.54. The van der Waals surface area contributed by atoms with Gasteiger partial charge in [0.25, 0.3) is 0 Å². The first-order valence-corrected chi connectivity index (χ1v) is 7.72. The molecule has 1 aromatic heterocycles. The van der Waals surface area contributed by atoms with Crippen molar-refractivity contribution in [1.82, 2.24) is 15.4 Å². The van der Waals surface area contributed by atoms with Crippen LogP contribution in [0.5, 0.6) is 0 Å². The highest BCUT2D eigenvalue weighted by Gasteiger charge is 2.35. The number of hydrogen-bond acceptors (Lipinski definition) is 5. The van der Waals surface area contributed by atoms with Crippen molar-refractivity contribution in [2.75, 3.05) is 13.7 Å². The van der Waals surface area contributed by atoms with E-state index < -0.39 is 0 Å². The first kappa shape index (κ1) is 14.0. The molecular weight excluding hydrogens is 254 g/mol. The lowest BCUT2D eigenvalue weighted by Gasteiger charge is -2.36. The third kappa shape index (κ3) is 3.05. The number of nitrogens with one attached hydrogen (secondary N) is 1. The van der Waals surface area contributed by atoms with E-state index in [1.54, 1.807) is 7.11 Å². The molecule has 5 nitrogen and oxygen atoms in total. The molecule has 20 heavy (non-hydrogen) atoms. The zero-order valence-corrected chi connectivity index (χ0v) is 12.5. The van der Waals surface area contributed by atoms with Crippen molar-refractivity contribution >= 4 is 0 Å². The van der Waals surface area contributed by atoms with Gasteiger partial charge in [-0.05, 0) is 32.2 Å². The highest BCUT2D eigenvalue weighted by Crippen LogP contribution is 2.30. The van der Waals surface area contributed by atoms with Gasteiger partial charge in [-0.1, -0.05) is 12.1 Å². The lowest BCUT2D eigenvalue weighted by molar-refractivity contribution is 0.136. The second kappa shape index (κ2) is 6.24. The van der Waals surface area contributed by atoms with Gasteiger partial charge in [0, 0.05) is 37.8 Å². The fourth-order valence-corrected chi connectivity index (χ4v) is 3.67. The fraction of sp³-hybridized carbons (Fsp3) is 0.800. The number of fused-ring (bicyclic) bond motifs is 2. The van der Waals surface area contributed by atoms with E-state index >= 15 is 0 Å². The Morgan fingerprint density at radius 3 is 2.80 bits per heavy atom. The predicted molar refractivity (Wildman–Crippen MR) is 76.3 cm³/mol. The van der Waals surface area contributed by atoms with E-state index in [0.29, 0.717) is 12.6 Å². The molecule has 0 saturated carbocycles. The summed E-state index contributed by atoms with van der Waals surface area (Å²) in [6.07, 6.45) is 5.24. The molecule has 2 saturated heterocycles. The Morgan fingerprint density at radius 1 is 1.40 bits per heavy atom. The molecule has 2 unspecified atom stereocenters. The summed E-state index contributed by atoms with van der Waals surface area (Å²) in [6, 6.07) is 4.16. The van der Waals surface area contributed by atoms with E-state index in [2.05, 4.69) is 22.3 Å². The Labute approximate surface area is 120 Å². The lowest BCUT2D eigenvalue weighted by Crippen LogP contribution is -2.47. The van der Waals surface area contributed by atoms with Crippen LogP contribution in [0.4, 0.5) is 0 Å². The summed E-state index contributed by atoms with van der Waals surface area (Å²) in [5.41, 5.74) is 1.02. The van der Waals surface area contributed by atoms with Crippen molar-refractivity contribution < 1.29 is 9.26 Å². The fourth-order valence-electron chi connectivity index (χ4n) is 3.67. The van der Waals surface area contributed by atoms with Crippen LogP contribution in [-0.4, -0.2) is 41.8 Å². The van der Waals surface area contributed by atoms with E-state index in [4.69, 9.17) is 9.26 Å². The third-order valence-electron chi connectivity index (χ3n) is 4.63. The first-order valence-electron chi connectivity index (χ1n) is 7.72. The summed E-state index contributed by atoms with van der Waals surface area (Å²) < 4.78 is 10.3. The average Bonchev–Trinajstić information content (AvgIpc) is 3.03. The van der Waals surface area contributed by atoms with Crippen molar-refractivity contribution in [2.24, 2.45) is 0 Å². The molecule has 2 fully saturated rings. The number of hydrogen-bond donors (Lipinski definition) is 1. The molecule has 1 N–H and O–H groups in total. The maximum absolute atomic E-state index is 5.28. The predicted octanol–water partition coefficient (Wildman–Crippen LogP) is 1.93. The summed E-state index contributed by atoms with van der Waals surface area (Å²) in [6.45, 7) is 4.68. The van der Waals surface area contributed by atoms with Gasteiger partial charge in [0.2, 0.25) is 0 Å². The molecule has 2 aliphatic heterocycles. The minimum Gasteiger partial charge on any atom is -0.377 e. The van der Waals surface area contributed by atoms with Crippen LogP contribution in [0.2, 0.25) is 0 Å². The Balaban J connectivity index is 1.61. The van der Waals surface area contributed by atoms with Crippen molar-refractivity contribution in [3.05, 3.63) is 17.5 Å². The van der Waals surface area contributed by atoms with Gasteiger partial charge in [-0.3, -0.25) is 4.90 Å². The maximum Gasteiger partial charge on any atom is 0.162 e. The van der Waals surface area contributed by atoms with Crippen LogP contribution in [0, 0.1) is 0 Å². The molecule has 2 bridgehead atoms. The van der Waals surface area contributed by atoms with E-state index in [1.807, 2.05) is 6.07 Å². The number of nitrogens with zero attached hydrogens (tertiary/aromatic N) is 2. The van der Waals surface area contributed by atoms with Crippen molar-refractivity contribution in [1.29, 1.82) is 0 Å². The molecule has 5 heteroatoms. The monoisotopic (exact) mass is 279 g/mol. The minimum atomic E-state index is 0.497. The smallest absolute Gasteiger partial charge is 0.162 e. The molecule has 3 rings (SSSR count). The second-order valence-electron chi connectivity index (χ2n) is 6.04. The standard InChI is InChI=1S/C15H25N3O2/c1-3-18(9-13-8-15(10-19-2)20-17-13)14-6-11-4-5-12(7-14)16-11/h8,11-12,14,16H,3-7,9-10H2,1-2H3. The van der Waals surface area contributed by atoms with Crippen molar-refractivity contribution in [3.8, 4) is 0 Å². The zero-order chi connectivity index (χ0) is 13.9. The van der Waals surface area contributed by atoms with Gasteiger partial charge >= 0.3 is 0 Å². The molecule has 0 radical (unpaired) electrons. The Kier molecular flexibility index (Phi) is 4.38. The van der Waals surface area contributed by atoms with Crippen molar-refractivity contribution in [2.45, 2.75) is 63.9 Å². The van der Waals surface area contributed by atoms with Crippen LogP contribution >= 0.6 is 0 Å². The van der Waals surface area contributed by atoms with Crippen molar-refractivity contribution in [3.63, 3.8) is 0 Å².